The van der Waals surface area contributed by atoms with Crippen LogP contribution in [0.2, 0.25) is 5.02 Å². The Morgan fingerprint density at radius 2 is 1.64 bits per heavy atom. The summed E-state index contributed by atoms with van der Waals surface area (Å²) in [6.07, 6.45) is 5.06. The second-order valence-electron chi connectivity index (χ2n) is 5.89. The first kappa shape index (κ1) is 19.6. The summed E-state index contributed by atoms with van der Waals surface area (Å²) in [5, 5.41) is 3.25. The van der Waals surface area contributed by atoms with E-state index < -0.39 is 5.91 Å². The van der Waals surface area contributed by atoms with Crippen LogP contribution in [-0.4, -0.2) is 30.0 Å². The minimum atomic E-state index is -0.450. The van der Waals surface area contributed by atoms with E-state index in [1.807, 2.05) is 12.1 Å². The van der Waals surface area contributed by atoms with E-state index in [4.69, 9.17) is 11.6 Å². The van der Waals surface area contributed by atoms with E-state index >= 15 is 0 Å². The third kappa shape index (κ3) is 7.36. The second kappa shape index (κ2) is 10.3. The van der Waals surface area contributed by atoms with Crippen LogP contribution in [0.4, 0.5) is 0 Å². The lowest BCUT2D eigenvalue weighted by Crippen LogP contribution is -2.47. The van der Waals surface area contributed by atoms with Crippen LogP contribution in [0.3, 0.4) is 0 Å². The van der Waals surface area contributed by atoms with Gasteiger partial charge in [0.15, 0.2) is 0 Å². The summed E-state index contributed by atoms with van der Waals surface area (Å²) in [6, 6.07) is 7.14. The minimum absolute atomic E-state index is 0.00640. The Hall–Kier alpha value is -1.73. The molecular formula is C17H22ClN3O3S. The van der Waals surface area contributed by atoms with Gasteiger partial charge in [-0.05, 0) is 37.1 Å². The lowest BCUT2D eigenvalue weighted by molar-refractivity contribution is -0.130. The Morgan fingerprint density at radius 1 is 1.00 bits per heavy atom. The highest BCUT2D eigenvalue weighted by Crippen LogP contribution is 2.23. The quantitative estimate of drug-likeness (QED) is 0.519. The molecule has 0 unspecified atom stereocenters. The first-order valence-electron chi connectivity index (χ1n) is 8.28. The predicted octanol–water partition coefficient (Wildman–Crippen LogP) is 2.28. The third-order valence-electron chi connectivity index (χ3n) is 3.92. The molecule has 1 aliphatic rings. The SMILES string of the molecule is O=C(CNC(=O)C1CCCCC1)NNC(=O)CSc1ccc(Cl)cc1. The molecule has 1 aromatic carbocycles. The van der Waals surface area contributed by atoms with E-state index in [0.29, 0.717) is 5.02 Å². The maximum Gasteiger partial charge on any atom is 0.257 e. The molecule has 1 fully saturated rings. The number of hydrogen-bond acceptors (Lipinski definition) is 4. The fourth-order valence-corrected chi connectivity index (χ4v) is 3.40. The lowest BCUT2D eigenvalue weighted by atomic mass is 9.89. The number of thioether (sulfide) groups is 1. The first-order chi connectivity index (χ1) is 12.0. The van der Waals surface area contributed by atoms with Crippen molar-refractivity contribution in [1.29, 1.82) is 0 Å². The second-order valence-corrected chi connectivity index (χ2v) is 7.38. The first-order valence-corrected chi connectivity index (χ1v) is 9.64. The summed E-state index contributed by atoms with van der Waals surface area (Å²) in [7, 11) is 0. The van der Waals surface area contributed by atoms with Crippen molar-refractivity contribution < 1.29 is 14.4 Å². The molecule has 2 rings (SSSR count). The maximum atomic E-state index is 11.9. The van der Waals surface area contributed by atoms with Gasteiger partial charge in [-0.1, -0.05) is 30.9 Å². The molecule has 0 bridgehead atoms. The van der Waals surface area contributed by atoms with E-state index in [1.165, 1.54) is 18.2 Å². The Balaban J connectivity index is 1.59. The van der Waals surface area contributed by atoms with Crippen molar-refractivity contribution in [3.8, 4) is 0 Å². The molecule has 25 heavy (non-hydrogen) atoms. The molecule has 3 amide bonds. The summed E-state index contributed by atoms with van der Waals surface area (Å²) in [5.41, 5.74) is 4.63. The maximum absolute atomic E-state index is 11.9. The molecule has 0 aromatic heterocycles. The molecule has 0 radical (unpaired) electrons. The molecule has 0 saturated heterocycles. The smallest absolute Gasteiger partial charge is 0.257 e. The number of rotatable bonds is 6. The van der Waals surface area contributed by atoms with Crippen LogP contribution in [0.25, 0.3) is 0 Å². The topological polar surface area (TPSA) is 87.3 Å². The van der Waals surface area contributed by atoms with Gasteiger partial charge in [0.2, 0.25) is 11.8 Å². The fourth-order valence-electron chi connectivity index (χ4n) is 2.58. The number of benzene rings is 1. The van der Waals surface area contributed by atoms with Crippen molar-refractivity contribution in [3.05, 3.63) is 29.3 Å². The molecule has 0 atom stereocenters. The van der Waals surface area contributed by atoms with E-state index in [-0.39, 0.29) is 30.0 Å². The molecule has 0 heterocycles. The zero-order chi connectivity index (χ0) is 18.1. The number of halogens is 1. The van der Waals surface area contributed by atoms with Crippen molar-refractivity contribution >= 4 is 41.1 Å². The molecule has 136 valence electrons. The summed E-state index contributed by atoms with van der Waals surface area (Å²) in [5.74, 6) is -0.691. The summed E-state index contributed by atoms with van der Waals surface area (Å²) >= 11 is 7.13. The van der Waals surface area contributed by atoms with E-state index in [2.05, 4.69) is 16.2 Å². The number of hydrazine groups is 1. The fraction of sp³-hybridized carbons (Fsp3) is 0.471. The minimum Gasteiger partial charge on any atom is -0.347 e. The van der Waals surface area contributed by atoms with Crippen LogP contribution < -0.4 is 16.2 Å². The molecule has 1 aliphatic carbocycles. The predicted molar refractivity (Wildman–Crippen MR) is 98.0 cm³/mol. The van der Waals surface area contributed by atoms with Crippen molar-refractivity contribution in [3.63, 3.8) is 0 Å². The van der Waals surface area contributed by atoms with E-state index in [1.54, 1.807) is 12.1 Å². The molecule has 1 aromatic rings. The molecule has 3 N–H and O–H groups in total. The zero-order valence-electron chi connectivity index (χ0n) is 13.8. The Kier molecular flexibility index (Phi) is 8.08. The average Bonchev–Trinajstić information content (AvgIpc) is 2.64. The van der Waals surface area contributed by atoms with Crippen molar-refractivity contribution in [2.45, 2.75) is 37.0 Å². The van der Waals surface area contributed by atoms with Gasteiger partial charge in [-0.15, -0.1) is 11.8 Å². The molecular weight excluding hydrogens is 362 g/mol. The Labute approximate surface area is 156 Å². The molecule has 0 aliphatic heterocycles. The van der Waals surface area contributed by atoms with Gasteiger partial charge in [-0.25, -0.2) is 0 Å². The van der Waals surface area contributed by atoms with Crippen LogP contribution in [-0.2, 0) is 14.4 Å². The summed E-state index contributed by atoms with van der Waals surface area (Å²) < 4.78 is 0. The molecule has 1 saturated carbocycles. The number of carbonyl (C=O) groups excluding carboxylic acids is 3. The van der Waals surface area contributed by atoms with Crippen molar-refractivity contribution in [2.24, 2.45) is 5.92 Å². The molecule has 6 nitrogen and oxygen atoms in total. The van der Waals surface area contributed by atoms with Gasteiger partial charge >= 0.3 is 0 Å². The van der Waals surface area contributed by atoms with Gasteiger partial charge in [-0.2, -0.15) is 0 Å². The monoisotopic (exact) mass is 383 g/mol. The number of hydrogen-bond donors (Lipinski definition) is 3. The van der Waals surface area contributed by atoms with Crippen LogP contribution in [0.1, 0.15) is 32.1 Å². The number of nitrogens with one attached hydrogen (secondary N) is 3. The van der Waals surface area contributed by atoms with Crippen LogP contribution in [0.5, 0.6) is 0 Å². The third-order valence-corrected chi connectivity index (χ3v) is 5.19. The standard InChI is InChI=1S/C17H22ClN3O3S/c18-13-6-8-14(9-7-13)25-11-16(23)21-20-15(22)10-19-17(24)12-4-2-1-3-5-12/h6-9,12H,1-5,10-11H2,(H,19,24)(H,20,22)(H,21,23). The van der Waals surface area contributed by atoms with Crippen LogP contribution in [0, 0.1) is 5.92 Å². The highest BCUT2D eigenvalue weighted by atomic mass is 35.5. The van der Waals surface area contributed by atoms with E-state index in [9.17, 15) is 14.4 Å². The average molecular weight is 384 g/mol. The molecule has 8 heteroatoms. The van der Waals surface area contributed by atoms with Gasteiger partial charge in [0.05, 0.1) is 12.3 Å². The van der Waals surface area contributed by atoms with Crippen LogP contribution >= 0.6 is 23.4 Å². The highest BCUT2D eigenvalue weighted by Gasteiger charge is 2.21. The number of carbonyl (C=O) groups is 3. The van der Waals surface area contributed by atoms with Gasteiger partial charge < -0.3 is 5.32 Å². The molecule has 0 spiro atoms. The summed E-state index contributed by atoms with van der Waals surface area (Å²) in [6.45, 7) is -0.139. The van der Waals surface area contributed by atoms with Crippen LogP contribution in [0.15, 0.2) is 29.2 Å². The summed E-state index contributed by atoms with van der Waals surface area (Å²) in [4.78, 5) is 36.2. The van der Waals surface area contributed by atoms with Gasteiger partial charge in [0.1, 0.15) is 0 Å². The largest absolute Gasteiger partial charge is 0.347 e. The lowest BCUT2D eigenvalue weighted by Gasteiger charge is -2.20. The van der Waals surface area contributed by atoms with Gasteiger partial charge in [0.25, 0.3) is 5.91 Å². The van der Waals surface area contributed by atoms with Gasteiger partial charge in [-0.3, -0.25) is 25.2 Å². The highest BCUT2D eigenvalue weighted by molar-refractivity contribution is 8.00. The zero-order valence-corrected chi connectivity index (χ0v) is 15.4. The Bertz CT molecular complexity index is 604. The van der Waals surface area contributed by atoms with E-state index in [0.717, 1.165) is 30.6 Å². The normalized spacial score (nSPS) is 14.6. The van der Waals surface area contributed by atoms with Crippen molar-refractivity contribution in [2.75, 3.05) is 12.3 Å². The van der Waals surface area contributed by atoms with Gasteiger partial charge in [0, 0.05) is 15.8 Å². The van der Waals surface area contributed by atoms with Crippen molar-refractivity contribution in [1.82, 2.24) is 16.2 Å². The Morgan fingerprint density at radius 3 is 2.32 bits per heavy atom. The number of amides is 3.